The number of hydrogen-bond acceptors (Lipinski definition) is 4. The molecule has 120 valence electrons. The Morgan fingerprint density at radius 1 is 1.13 bits per heavy atom. The van der Waals surface area contributed by atoms with Crippen molar-refractivity contribution in [1.29, 1.82) is 0 Å². The number of carbonyl (C=O) groups is 1. The first-order chi connectivity index (χ1) is 11.1. The van der Waals surface area contributed by atoms with Crippen LogP contribution in [-0.4, -0.2) is 37.2 Å². The molecule has 7 heteroatoms. The second kappa shape index (κ2) is 7.17. The number of nitrogens with one attached hydrogen (secondary N) is 1. The van der Waals surface area contributed by atoms with Gasteiger partial charge in [-0.15, -0.1) is 0 Å². The van der Waals surface area contributed by atoms with Gasteiger partial charge in [-0.05, 0) is 30.3 Å². The molecule has 2 heterocycles. The lowest BCUT2D eigenvalue weighted by Crippen LogP contribution is -2.36. The molecule has 1 aliphatic rings. The molecule has 1 aromatic heterocycles. The van der Waals surface area contributed by atoms with Crippen LogP contribution in [0.5, 0.6) is 0 Å². The number of pyridine rings is 1. The lowest BCUT2D eigenvalue weighted by Gasteiger charge is -2.27. The molecular weight excluding hydrogens is 337 g/mol. The topological polar surface area (TPSA) is 54.5 Å². The summed E-state index contributed by atoms with van der Waals surface area (Å²) in [6.45, 7) is 2.87. The zero-order chi connectivity index (χ0) is 16.2. The quantitative estimate of drug-likeness (QED) is 0.919. The smallest absolute Gasteiger partial charge is 0.255 e. The molecule has 0 atom stereocenters. The molecule has 0 saturated carbocycles. The van der Waals surface area contributed by atoms with Crippen LogP contribution in [0.3, 0.4) is 0 Å². The molecule has 3 rings (SSSR count). The van der Waals surface area contributed by atoms with Gasteiger partial charge in [0.2, 0.25) is 0 Å². The summed E-state index contributed by atoms with van der Waals surface area (Å²) < 4.78 is 5.33. The number of amides is 1. The van der Waals surface area contributed by atoms with E-state index in [0.717, 1.165) is 18.9 Å². The molecule has 0 unspecified atom stereocenters. The lowest BCUT2D eigenvalue weighted by atomic mass is 10.2. The van der Waals surface area contributed by atoms with Crippen LogP contribution in [-0.2, 0) is 4.74 Å². The van der Waals surface area contributed by atoms with Crippen molar-refractivity contribution < 1.29 is 9.53 Å². The molecule has 2 aromatic rings. The molecular formula is C16H15Cl2N3O2. The van der Waals surface area contributed by atoms with Crippen molar-refractivity contribution in [1.82, 2.24) is 4.98 Å². The molecule has 1 saturated heterocycles. The van der Waals surface area contributed by atoms with Gasteiger partial charge in [-0.1, -0.05) is 23.2 Å². The van der Waals surface area contributed by atoms with Crippen LogP contribution in [0.2, 0.25) is 10.0 Å². The van der Waals surface area contributed by atoms with Gasteiger partial charge in [0.1, 0.15) is 5.82 Å². The predicted molar refractivity (Wildman–Crippen MR) is 91.7 cm³/mol. The van der Waals surface area contributed by atoms with Crippen LogP contribution < -0.4 is 10.2 Å². The van der Waals surface area contributed by atoms with Crippen molar-refractivity contribution in [2.75, 3.05) is 36.5 Å². The van der Waals surface area contributed by atoms with Gasteiger partial charge < -0.3 is 15.0 Å². The van der Waals surface area contributed by atoms with Gasteiger partial charge in [0.15, 0.2) is 0 Å². The third-order valence-corrected chi connectivity index (χ3v) is 4.26. The normalized spacial score (nSPS) is 14.6. The number of morpholine rings is 1. The van der Waals surface area contributed by atoms with Gasteiger partial charge in [0.05, 0.1) is 23.3 Å². The number of ether oxygens (including phenoxy) is 1. The van der Waals surface area contributed by atoms with Crippen molar-refractivity contribution in [3.05, 3.63) is 52.1 Å². The first-order valence-corrected chi connectivity index (χ1v) is 7.94. The first kappa shape index (κ1) is 16.1. The van der Waals surface area contributed by atoms with E-state index in [2.05, 4.69) is 15.2 Å². The average molecular weight is 352 g/mol. The van der Waals surface area contributed by atoms with E-state index >= 15 is 0 Å². The van der Waals surface area contributed by atoms with E-state index in [0.29, 0.717) is 34.5 Å². The maximum Gasteiger partial charge on any atom is 0.255 e. The van der Waals surface area contributed by atoms with E-state index < -0.39 is 0 Å². The van der Waals surface area contributed by atoms with E-state index in [9.17, 15) is 4.79 Å². The minimum atomic E-state index is -0.222. The Bertz CT molecular complexity index is 718. The Labute approximate surface area is 144 Å². The number of benzene rings is 1. The van der Waals surface area contributed by atoms with Crippen LogP contribution in [0.1, 0.15) is 10.4 Å². The molecule has 0 aliphatic carbocycles. The molecule has 1 N–H and O–H groups in total. The van der Waals surface area contributed by atoms with Crippen LogP contribution in [0, 0.1) is 0 Å². The lowest BCUT2D eigenvalue weighted by molar-refractivity contribution is 0.102. The van der Waals surface area contributed by atoms with Crippen molar-refractivity contribution in [2.24, 2.45) is 0 Å². The number of rotatable bonds is 3. The van der Waals surface area contributed by atoms with E-state index in [-0.39, 0.29) is 5.91 Å². The van der Waals surface area contributed by atoms with Gasteiger partial charge in [0, 0.05) is 30.5 Å². The number of aromatic nitrogens is 1. The highest BCUT2D eigenvalue weighted by atomic mass is 35.5. The van der Waals surface area contributed by atoms with Crippen LogP contribution in [0.15, 0.2) is 36.5 Å². The fourth-order valence-corrected chi connectivity index (χ4v) is 2.60. The standard InChI is InChI=1S/C16H15Cl2N3O2/c17-13-2-1-12(10-14(13)18)20-16(22)11-3-4-19-15(9-11)21-5-7-23-8-6-21/h1-4,9-10H,5-8H2,(H,20,22). The SMILES string of the molecule is O=C(Nc1ccc(Cl)c(Cl)c1)c1ccnc(N2CCOCC2)c1. The van der Waals surface area contributed by atoms with Crippen molar-refractivity contribution in [3.63, 3.8) is 0 Å². The summed E-state index contributed by atoms with van der Waals surface area (Å²) in [4.78, 5) is 18.8. The third-order valence-electron chi connectivity index (χ3n) is 3.52. The van der Waals surface area contributed by atoms with E-state index in [1.165, 1.54) is 0 Å². The summed E-state index contributed by atoms with van der Waals surface area (Å²) in [5.74, 6) is 0.551. The van der Waals surface area contributed by atoms with E-state index in [1.807, 2.05) is 0 Å². The molecule has 1 aliphatic heterocycles. The maximum atomic E-state index is 12.4. The fraction of sp³-hybridized carbons (Fsp3) is 0.250. The van der Waals surface area contributed by atoms with Gasteiger partial charge in [-0.3, -0.25) is 4.79 Å². The largest absolute Gasteiger partial charge is 0.378 e. The molecule has 5 nitrogen and oxygen atoms in total. The molecule has 0 spiro atoms. The molecule has 1 aromatic carbocycles. The Hall–Kier alpha value is -1.82. The van der Waals surface area contributed by atoms with Crippen molar-refractivity contribution >= 4 is 40.6 Å². The second-order valence-electron chi connectivity index (χ2n) is 5.09. The molecule has 0 bridgehead atoms. The monoisotopic (exact) mass is 351 g/mol. The van der Waals surface area contributed by atoms with Crippen LogP contribution in [0.4, 0.5) is 11.5 Å². The highest BCUT2D eigenvalue weighted by Crippen LogP contribution is 2.25. The highest BCUT2D eigenvalue weighted by Gasteiger charge is 2.15. The van der Waals surface area contributed by atoms with Gasteiger partial charge in [0.25, 0.3) is 5.91 Å². The average Bonchev–Trinajstić information content (AvgIpc) is 2.59. The van der Waals surface area contributed by atoms with Crippen molar-refractivity contribution in [2.45, 2.75) is 0 Å². The molecule has 1 fully saturated rings. The molecule has 0 radical (unpaired) electrons. The zero-order valence-corrected chi connectivity index (χ0v) is 13.8. The van der Waals surface area contributed by atoms with Crippen molar-refractivity contribution in [3.8, 4) is 0 Å². The van der Waals surface area contributed by atoms with Crippen LogP contribution in [0.25, 0.3) is 0 Å². The summed E-state index contributed by atoms with van der Waals surface area (Å²) >= 11 is 11.8. The minimum Gasteiger partial charge on any atom is -0.378 e. The Balaban J connectivity index is 1.75. The Morgan fingerprint density at radius 2 is 1.91 bits per heavy atom. The molecule has 1 amide bonds. The van der Waals surface area contributed by atoms with E-state index in [1.54, 1.807) is 36.5 Å². The number of nitrogens with zero attached hydrogens (tertiary/aromatic N) is 2. The summed E-state index contributed by atoms with van der Waals surface area (Å²) in [5, 5.41) is 3.65. The van der Waals surface area contributed by atoms with Gasteiger partial charge in [-0.2, -0.15) is 0 Å². The summed E-state index contributed by atoms with van der Waals surface area (Å²) in [6, 6.07) is 8.42. The summed E-state index contributed by atoms with van der Waals surface area (Å²) in [7, 11) is 0. The third kappa shape index (κ3) is 3.93. The minimum absolute atomic E-state index is 0.222. The fourth-order valence-electron chi connectivity index (χ4n) is 2.30. The van der Waals surface area contributed by atoms with Gasteiger partial charge >= 0.3 is 0 Å². The number of hydrogen-bond donors (Lipinski definition) is 1. The van der Waals surface area contributed by atoms with E-state index in [4.69, 9.17) is 27.9 Å². The maximum absolute atomic E-state index is 12.4. The highest BCUT2D eigenvalue weighted by molar-refractivity contribution is 6.42. The summed E-state index contributed by atoms with van der Waals surface area (Å²) in [5.41, 5.74) is 1.13. The molecule has 23 heavy (non-hydrogen) atoms. The number of anilines is 2. The first-order valence-electron chi connectivity index (χ1n) is 7.18. The van der Waals surface area contributed by atoms with Gasteiger partial charge in [-0.25, -0.2) is 4.98 Å². The second-order valence-corrected chi connectivity index (χ2v) is 5.90. The number of halogens is 2. The summed E-state index contributed by atoms with van der Waals surface area (Å²) in [6.07, 6.45) is 1.63. The Kier molecular flexibility index (Phi) is 5.00. The Morgan fingerprint density at radius 3 is 2.65 bits per heavy atom. The number of carbonyl (C=O) groups excluding carboxylic acids is 1. The zero-order valence-electron chi connectivity index (χ0n) is 12.3. The predicted octanol–water partition coefficient (Wildman–Crippen LogP) is 3.48. The van der Waals surface area contributed by atoms with Crippen LogP contribution >= 0.6 is 23.2 Å².